The molecule has 0 bridgehead atoms. The lowest BCUT2D eigenvalue weighted by Crippen LogP contribution is -2.16. The maximum absolute atomic E-state index is 11.4. The number of carbonyl (C=O) groups is 1. The second-order valence-corrected chi connectivity index (χ2v) is 7.33. The van der Waals surface area contributed by atoms with Gasteiger partial charge in [0.1, 0.15) is 0 Å². The molecule has 0 spiro atoms. The average molecular weight is 214 g/mol. The van der Waals surface area contributed by atoms with Crippen LogP contribution in [0.15, 0.2) is 11.6 Å². The quantitative estimate of drug-likeness (QED) is 0.531. The van der Waals surface area contributed by atoms with Crippen LogP contribution in [0.2, 0.25) is 13.1 Å². The van der Waals surface area contributed by atoms with Gasteiger partial charge in [-0.3, -0.25) is 4.79 Å². The van der Waals surface area contributed by atoms with E-state index in [1.165, 1.54) is 0 Å². The molecule has 0 aliphatic carbocycles. The third-order valence-electron chi connectivity index (χ3n) is 2.12. The minimum atomic E-state index is -1.06. The van der Waals surface area contributed by atoms with Gasteiger partial charge in [0.2, 0.25) is 0 Å². The molecule has 0 saturated heterocycles. The van der Waals surface area contributed by atoms with E-state index in [2.05, 4.69) is 33.9 Å². The highest BCUT2D eigenvalue weighted by atomic mass is 28.3. The second-order valence-electron chi connectivity index (χ2n) is 4.90. The van der Waals surface area contributed by atoms with Crippen molar-refractivity contribution in [3.8, 4) is 0 Å². The van der Waals surface area contributed by atoms with Crippen LogP contribution in [0.3, 0.4) is 0 Å². The first kappa shape index (κ1) is 13.6. The Labute approximate surface area is 89.1 Å². The van der Waals surface area contributed by atoms with Crippen LogP contribution in [0.5, 0.6) is 0 Å². The third-order valence-corrected chi connectivity index (χ3v) is 2.95. The van der Waals surface area contributed by atoms with E-state index in [4.69, 9.17) is 4.43 Å². The lowest BCUT2D eigenvalue weighted by molar-refractivity contribution is -0.116. The van der Waals surface area contributed by atoms with Crippen LogP contribution in [0, 0.1) is 5.41 Å². The van der Waals surface area contributed by atoms with Gasteiger partial charge in [-0.25, -0.2) is 0 Å². The van der Waals surface area contributed by atoms with Gasteiger partial charge in [0, 0.05) is 0 Å². The van der Waals surface area contributed by atoms with Crippen molar-refractivity contribution in [3.05, 3.63) is 11.6 Å². The van der Waals surface area contributed by atoms with E-state index in [-0.39, 0.29) is 17.8 Å². The molecule has 0 aromatic heterocycles. The maximum atomic E-state index is 11.4. The highest BCUT2D eigenvalue weighted by molar-refractivity contribution is 6.48. The summed E-state index contributed by atoms with van der Waals surface area (Å²) < 4.78 is 5.36. The van der Waals surface area contributed by atoms with Crippen molar-refractivity contribution in [1.82, 2.24) is 0 Å². The van der Waals surface area contributed by atoms with Crippen LogP contribution < -0.4 is 0 Å². The van der Waals surface area contributed by atoms with Crippen LogP contribution in [0.1, 0.15) is 27.7 Å². The normalized spacial score (nSPS) is 13.5. The van der Waals surface area contributed by atoms with Gasteiger partial charge in [-0.05, 0) is 31.5 Å². The Morgan fingerprint density at radius 2 is 1.86 bits per heavy atom. The molecular formula is C11H22O2Si. The van der Waals surface area contributed by atoms with Crippen molar-refractivity contribution in [1.29, 1.82) is 0 Å². The molecule has 82 valence electrons. The van der Waals surface area contributed by atoms with Gasteiger partial charge in [0.25, 0.3) is 0 Å². The van der Waals surface area contributed by atoms with Crippen LogP contribution in [-0.4, -0.2) is 21.4 Å². The lowest BCUT2D eigenvalue weighted by Gasteiger charge is -2.19. The maximum Gasteiger partial charge on any atom is 0.179 e. The van der Waals surface area contributed by atoms with E-state index >= 15 is 0 Å². The first-order chi connectivity index (χ1) is 6.23. The molecule has 0 rings (SSSR count). The summed E-state index contributed by atoms with van der Waals surface area (Å²) in [7, 11) is -1.06. The Balaban J connectivity index is 4.17. The molecule has 0 aromatic rings. The molecular weight excluding hydrogens is 192 g/mol. The first-order valence-corrected chi connectivity index (χ1v) is 7.84. The Kier molecular flexibility index (Phi) is 5.30. The second kappa shape index (κ2) is 5.46. The predicted molar refractivity (Wildman–Crippen MR) is 63.0 cm³/mol. The largest absolute Gasteiger partial charge is 0.413 e. The summed E-state index contributed by atoms with van der Waals surface area (Å²) in [5, 5.41) is 0. The van der Waals surface area contributed by atoms with Crippen molar-refractivity contribution in [3.63, 3.8) is 0 Å². The number of carbonyl (C=O) groups excluding carboxylic acids is 1. The zero-order valence-corrected chi connectivity index (χ0v) is 11.3. The summed E-state index contributed by atoms with van der Waals surface area (Å²) in [5.74, 6) is 0.0821. The fourth-order valence-electron chi connectivity index (χ4n) is 0.748. The molecule has 0 N–H and O–H groups in total. The summed E-state index contributed by atoms with van der Waals surface area (Å²) in [5.41, 5.74) is 1.18. The molecule has 0 radical (unpaired) electrons. The number of hydrogen-bond donors (Lipinski definition) is 0. The van der Waals surface area contributed by atoms with Crippen molar-refractivity contribution in [2.45, 2.75) is 40.8 Å². The van der Waals surface area contributed by atoms with Crippen molar-refractivity contribution < 1.29 is 9.22 Å². The highest BCUT2D eigenvalue weighted by Gasteiger charge is 2.13. The Morgan fingerprint density at radius 1 is 1.36 bits per heavy atom. The van der Waals surface area contributed by atoms with E-state index in [0.29, 0.717) is 0 Å². The minimum absolute atomic E-state index is 0.0743. The van der Waals surface area contributed by atoms with Gasteiger partial charge >= 0.3 is 0 Å². The summed E-state index contributed by atoms with van der Waals surface area (Å²) in [4.78, 5) is 11.4. The number of allylic oxidation sites excluding steroid dienone is 1. The average Bonchev–Trinajstić information content (AvgIpc) is 1.99. The topological polar surface area (TPSA) is 26.3 Å². The minimum Gasteiger partial charge on any atom is -0.413 e. The molecule has 0 fully saturated rings. The highest BCUT2D eigenvalue weighted by Crippen LogP contribution is 2.23. The van der Waals surface area contributed by atoms with Crippen LogP contribution >= 0.6 is 0 Å². The molecule has 0 aromatic carbocycles. The van der Waals surface area contributed by atoms with E-state index in [9.17, 15) is 4.79 Å². The van der Waals surface area contributed by atoms with Crippen LogP contribution in [0.25, 0.3) is 0 Å². The van der Waals surface area contributed by atoms with Crippen LogP contribution in [0.4, 0.5) is 0 Å². The van der Waals surface area contributed by atoms with Crippen molar-refractivity contribution in [2.24, 2.45) is 5.41 Å². The zero-order chi connectivity index (χ0) is 11.4. The summed E-state index contributed by atoms with van der Waals surface area (Å²) in [6.07, 6.45) is 1.71. The Bertz CT molecular complexity index is 224. The lowest BCUT2D eigenvalue weighted by atomic mass is 9.87. The fraction of sp³-hybridized carbons (Fsp3) is 0.727. The standard InChI is InChI=1S/C11H22O2Si/c1-9(11(2,3)4)7-10(12)8-13-14(5)6/h7,14H,8H2,1-6H3/b9-7-. The number of ketones is 1. The van der Waals surface area contributed by atoms with E-state index in [1.807, 2.05) is 6.92 Å². The number of rotatable bonds is 4. The van der Waals surface area contributed by atoms with E-state index < -0.39 is 9.04 Å². The van der Waals surface area contributed by atoms with Crippen molar-refractivity contribution in [2.75, 3.05) is 6.61 Å². The third kappa shape index (κ3) is 6.10. The van der Waals surface area contributed by atoms with Gasteiger partial charge in [-0.15, -0.1) is 0 Å². The smallest absolute Gasteiger partial charge is 0.179 e. The van der Waals surface area contributed by atoms with E-state index in [1.54, 1.807) is 6.08 Å². The molecule has 0 heterocycles. The van der Waals surface area contributed by atoms with Crippen molar-refractivity contribution >= 4 is 14.8 Å². The molecule has 0 atom stereocenters. The Morgan fingerprint density at radius 3 is 2.21 bits per heavy atom. The molecule has 0 aliphatic rings. The molecule has 14 heavy (non-hydrogen) atoms. The zero-order valence-electron chi connectivity index (χ0n) is 10.2. The molecule has 0 aliphatic heterocycles. The SMILES string of the molecule is C/C(=C/C(=O)CO[SiH](C)C)C(C)(C)C. The molecule has 2 nitrogen and oxygen atoms in total. The van der Waals surface area contributed by atoms with Gasteiger partial charge in [-0.2, -0.15) is 0 Å². The Hall–Kier alpha value is -0.413. The summed E-state index contributed by atoms with van der Waals surface area (Å²) in [6, 6.07) is 0. The fourth-order valence-corrected chi connectivity index (χ4v) is 1.25. The van der Waals surface area contributed by atoms with E-state index in [0.717, 1.165) is 5.57 Å². The molecule has 0 saturated carbocycles. The first-order valence-electron chi connectivity index (χ1n) is 5.06. The molecule has 3 heteroatoms. The summed E-state index contributed by atoms with van der Waals surface area (Å²) in [6.45, 7) is 12.7. The van der Waals surface area contributed by atoms with Gasteiger partial charge in [0.15, 0.2) is 14.8 Å². The van der Waals surface area contributed by atoms with Gasteiger partial charge < -0.3 is 4.43 Å². The number of hydrogen-bond acceptors (Lipinski definition) is 2. The molecule has 0 amide bonds. The molecule has 0 unspecified atom stereocenters. The van der Waals surface area contributed by atoms with Gasteiger partial charge in [-0.1, -0.05) is 26.3 Å². The monoisotopic (exact) mass is 214 g/mol. The van der Waals surface area contributed by atoms with Crippen LogP contribution in [-0.2, 0) is 9.22 Å². The predicted octanol–water partition coefficient (Wildman–Crippen LogP) is 2.55. The van der Waals surface area contributed by atoms with Gasteiger partial charge in [0.05, 0.1) is 6.61 Å². The summed E-state index contributed by atoms with van der Waals surface area (Å²) >= 11 is 0.